The van der Waals surface area contributed by atoms with Crippen molar-refractivity contribution in [3.8, 4) is 0 Å². The van der Waals surface area contributed by atoms with Gasteiger partial charge in [-0.25, -0.2) is 13.4 Å². The van der Waals surface area contributed by atoms with Gasteiger partial charge < -0.3 is 4.90 Å². The van der Waals surface area contributed by atoms with Crippen LogP contribution < -0.4 is 10.5 Å². The number of hydrogen-bond acceptors (Lipinski definition) is 6. The van der Waals surface area contributed by atoms with Crippen LogP contribution in [0.5, 0.6) is 0 Å². The van der Waals surface area contributed by atoms with Crippen LogP contribution in [0.4, 0.5) is 5.95 Å². The molecule has 3 heterocycles. The van der Waals surface area contributed by atoms with E-state index in [-0.39, 0.29) is 11.6 Å². The van der Waals surface area contributed by atoms with Crippen LogP contribution in [0.3, 0.4) is 0 Å². The molecule has 1 saturated heterocycles. The van der Waals surface area contributed by atoms with Gasteiger partial charge in [0.25, 0.3) is 5.56 Å². The molecule has 7 nitrogen and oxygen atoms in total. The number of aromatic nitrogens is 2. The van der Waals surface area contributed by atoms with E-state index in [9.17, 15) is 13.2 Å². The van der Waals surface area contributed by atoms with Crippen LogP contribution >= 0.6 is 11.3 Å². The number of aryl methyl sites for hydroxylation is 2. The highest BCUT2D eigenvalue weighted by Gasteiger charge is 2.28. The van der Waals surface area contributed by atoms with Gasteiger partial charge >= 0.3 is 0 Å². The Morgan fingerprint density at radius 1 is 1.07 bits per heavy atom. The van der Waals surface area contributed by atoms with E-state index in [0.717, 1.165) is 29.5 Å². The number of thiophene rings is 1. The van der Waals surface area contributed by atoms with E-state index >= 15 is 0 Å². The first-order chi connectivity index (χ1) is 12.8. The summed E-state index contributed by atoms with van der Waals surface area (Å²) in [6.07, 6.45) is 5.57. The fourth-order valence-corrected chi connectivity index (χ4v) is 6.19. The quantitative estimate of drug-likeness (QED) is 0.774. The van der Waals surface area contributed by atoms with Crippen molar-refractivity contribution in [1.82, 2.24) is 13.9 Å². The molecule has 2 aromatic heterocycles. The molecule has 0 atom stereocenters. The lowest BCUT2D eigenvalue weighted by Gasteiger charge is -2.35. The standard InChI is InChI=1S/C18H26N4O3S2/c1-12(2)22-17(23)15-13-6-4-5-7-14(13)26-16(15)19-18(22)20-8-10-21(11-9-20)27(3,24)25/h12H,4-11H2,1-3H3. The highest BCUT2D eigenvalue weighted by Crippen LogP contribution is 2.35. The normalized spacial score (nSPS) is 19.0. The molecular weight excluding hydrogens is 384 g/mol. The summed E-state index contributed by atoms with van der Waals surface area (Å²) >= 11 is 1.66. The summed E-state index contributed by atoms with van der Waals surface area (Å²) in [7, 11) is -3.18. The van der Waals surface area contributed by atoms with Gasteiger partial charge in [0.15, 0.2) is 0 Å². The van der Waals surface area contributed by atoms with Gasteiger partial charge in [0.05, 0.1) is 11.6 Å². The minimum Gasteiger partial charge on any atom is -0.339 e. The lowest BCUT2D eigenvalue weighted by Crippen LogP contribution is -2.50. The fraction of sp³-hybridized carbons (Fsp3) is 0.667. The summed E-state index contributed by atoms with van der Waals surface area (Å²) in [6, 6.07) is -0.00326. The van der Waals surface area contributed by atoms with Crippen molar-refractivity contribution < 1.29 is 8.42 Å². The maximum absolute atomic E-state index is 13.4. The van der Waals surface area contributed by atoms with Crippen molar-refractivity contribution in [1.29, 1.82) is 0 Å². The molecule has 0 amide bonds. The van der Waals surface area contributed by atoms with Gasteiger partial charge in [-0.15, -0.1) is 11.3 Å². The molecule has 0 spiro atoms. The summed E-state index contributed by atoms with van der Waals surface area (Å²) in [5.74, 6) is 0.675. The van der Waals surface area contributed by atoms with Gasteiger partial charge in [0, 0.05) is 37.1 Å². The summed E-state index contributed by atoms with van der Waals surface area (Å²) in [4.78, 5) is 22.5. The SMILES string of the molecule is CC(C)n1c(N2CCN(S(C)(=O)=O)CC2)nc2sc3c(c2c1=O)CCCC3. The van der Waals surface area contributed by atoms with Crippen LogP contribution in [0.2, 0.25) is 0 Å². The number of nitrogens with zero attached hydrogens (tertiary/aromatic N) is 4. The van der Waals surface area contributed by atoms with E-state index in [2.05, 4.69) is 4.90 Å². The molecule has 0 saturated carbocycles. The maximum Gasteiger partial charge on any atom is 0.264 e. The third-order valence-electron chi connectivity index (χ3n) is 5.51. The topological polar surface area (TPSA) is 75.5 Å². The molecular formula is C18H26N4O3S2. The first kappa shape index (κ1) is 18.9. The Balaban J connectivity index is 1.79. The highest BCUT2D eigenvalue weighted by atomic mass is 32.2. The van der Waals surface area contributed by atoms with Crippen LogP contribution in [0.15, 0.2) is 4.79 Å². The van der Waals surface area contributed by atoms with E-state index in [1.165, 1.54) is 27.4 Å². The number of hydrogen-bond donors (Lipinski definition) is 0. The summed E-state index contributed by atoms with van der Waals surface area (Å²) in [5, 5.41) is 0.807. The second kappa shape index (κ2) is 6.86. The Labute approximate surface area is 163 Å². The number of sulfonamides is 1. The summed E-state index contributed by atoms with van der Waals surface area (Å²) in [6.45, 7) is 5.94. The molecule has 2 aliphatic rings. The molecule has 0 bridgehead atoms. The van der Waals surface area contributed by atoms with E-state index < -0.39 is 10.0 Å². The van der Waals surface area contributed by atoms with Crippen molar-refractivity contribution >= 4 is 37.5 Å². The molecule has 0 N–H and O–H groups in total. The Kier molecular flexibility index (Phi) is 4.80. The van der Waals surface area contributed by atoms with Crippen LogP contribution in [-0.4, -0.2) is 54.7 Å². The number of piperazine rings is 1. The van der Waals surface area contributed by atoms with Crippen LogP contribution in [-0.2, 0) is 22.9 Å². The average molecular weight is 411 g/mol. The Morgan fingerprint density at radius 2 is 1.74 bits per heavy atom. The van der Waals surface area contributed by atoms with Gasteiger partial charge in [0.2, 0.25) is 16.0 Å². The third kappa shape index (κ3) is 3.30. The first-order valence-electron chi connectivity index (χ1n) is 9.54. The summed E-state index contributed by atoms with van der Waals surface area (Å²) < 4.78 is 26.8. The van der Waals surface area contributed by atoms with E-state index in [4.69, 9.17) is 4.98 Å². The van der Waals surface area contributed by atoms with Crippen LogP contribution in [0.25, 0.3) is 10.2 Å². The first-order valence-corrected chi connectivity index (χ1v) is 12.2. The van der Waals surface area contributed by atoms with Gasteiger partial charge in [-0.2, -0.15) is 4.31 Å². The number of fused-ring (bicyclic) bond motifs is 3. The molecule has 27 heavy (non-hydrogen) atoms. The predicted octanol–water partition coefficient (Wildman–Crippen LogP) is 2.00. The minimum atomic E-state index is -3.18. The molecule has 0 aromatic carbocycles. The van der Waals surface area contributed by atoms with E-state index in [1.54, 1.807) is 15.9 Å². The number of rotatable bonds is 3. The van der Waals surface area contributed by atoms with Crippen molar-refractivity contribution in [2.24, 2.45) is 0 Å². The molecule has 1 fully saturated rings. The van der Waals surface area contributed by atoms with Crippen LogP contribution in [0, 0.1) is 0 Å². The lowest BCUT2D eigenvalue weighted by molar-refractivity contribution is 0.381. The Bertz CT molecular complexity index is 1030. The molecule has 148 valence electrons. The molecule has 0 radical (unpaired) electrons. The molecule has 2 aromatic rings. The maximum atomic E-state index is 13.4. The van der Waals surface area contributed by atoms with Gasteiger partial charge in [-0.3, -0.25) is 9.36 Å². The molecule has 0 unspecified atom stereocenters. The zero-order valence-corrected chi connectivity index (χ0v) is 17.7. The average Bonchev–Trinajstić information content (AvgIpc) is 2.99. The number of anilines is 1. The molecule has 4 rings (SSSR count). The van der Waals surface area contributed by atoms with Crippen molar-refractivity contribution in [2.45, 2.75) is 45.6 Å². The fourth-order valence-electron chi connectivity index (χ4n) is 4.12. The van der Waals surface area contributed by atoms with Crippen molar-refractivity contribution in [3.63, 3.8) is 0 Å². The smallest absolute Gasteiger partial charge is 0.264 e. The zero-order chi connectivity index (χ0) is 19.3. The Hall–Kier alpha value is -1.45. The lowest BCUT2D eigenvalue weighted by atomic mass is 9.97. The third-order valence-corrected chi connectivity index (χ3v) is 8.00. The second-order valence-corrected chi connectivity index (χ2v) is 10.8. The zero-order valence-electron chi connectivity index (χ0n) is 16.1. The molecule has 1 aliphatic heterocycles. The van der Waals surface area contributed by atoms with Gasteiger partial charge in [0.1, 0.15) is 4.83 Å². The van der Waals surface area contributed by atoms with E-state index in [0.29, 0.717) is 32.1 Å². The second-order valence-electron chi connectivity index (χ2n) is 7.72. The Morgan fingerprint density at radius 3 is 2.37 bits per heavy atom. The monoisotopic (exact) mass is 410 g/mol. The van der Waals surface area contributed by atoms with E-state index in [1.807, 2.05) is 13.8 Å². The largest absolute Gasteiger partial charge is 0.339 e. The highest BCUT2D eigenvalue weighted by molar-refractivity contribution is 7.88. The van der Waals surface area contributed by atoms with Crippen molar-refractivity contribution in [2.75, 3.05) is 37.3 Å². The predicted molar refractivity (Wildman–Crippen MR) is 110 cm³/mol. The van der Waals surface area contributed by atoms with Crippen LogP contribution in [0.1, 0.15) is 43.2 Å². The minimum absolute atomic E-state index is 0.00326. The van der Waals surface area contributed by atoms with Gasteiger partial charge in [-0.05, 0) is 45.1 Å². The van der Waals surface area contributed by atoms with Gasteiger partial charge in [-0.1, -0.05) is 0 Å². The molecule has 1 aliphatic carbocycles. The molecule has 9 heteroatoms. The summed E-state index contributed by atoms with van der Waals surface area (Å²) in [5.41, 5.74) is 1.26. The van der Waals surface area contributed by atoms with Crippen molar-refractivity contribution in [3.05, 3.63) is 20.8 Å².